The van der Waals surface area contributed by atoms with Crippen molar-refractivity contribution < 1.29 is 9.59 Å². The topological polar surface area (TPSA) is 46.2 Å². The van der Waals surface area contributed by atoms with Crippen molar-refractivity contribution in [3.05, 3.63) is 0 Å². The molecule has 18 heavy (non-hydrogen) atoms. The van der Waals surface area contributed by atoms with E-state index in [1.807, 2.05) is 0 Å². The number of carbonyl (C=O) groups is 2. The third-order valence-corrected chi connectivity index (χ3v) is 4.64. The van der Waals surface area contributed by atoms with Crippen LogP contribution in [0.2, 0.25) is 0 Å². The van der Waals surface area contributed by atoms with Crippen molar-refractivity contribution >= 4 is 11.8 Å². The number of nitrogens with one attached hydrogen (secondary N) is 1. The van der Waals surface area contributed by atoms with Crippen molar-refractivity contribution in [3.8, 4) is 0 Å². The van der Waals surface area contributed by atoms with Crippen LogP contribution in [0.5, 0.6) is 0 Å². The summed E-state index contributed by atoms with van der Waals surface area (Å²) in [6, 6.07) is 0. The molecule has 0 aromatic heterocycles. The second kappa shape index (κ2) is 5.41. The van der Waals surface area contributed by atoms with Crippen LogP contribution in [0.1, 0.15) is 65.2 Å². The van der Waals surface area contributed by atoms with Crippen LogP contribution in [0.3, 0.4) is 0 Å². The molecule has 1 saturated carbocycles. The average molecular weight is 251 g/mol. The van der Waals surface area contributed by atoms with Gasteiger partial charge >= 0.3 is 0 Å². The lowest BCUT2D eigenvalue weighted by atomic mass is 9.63. The minimum atomic E-state index is -0.0538. The standard InChI is InChI=1S/C15H25NO2/c1-11(2)9-12-14(18)16-13(17)10-15(12)7-5-3-4-6-8-15/h11-12H,3-10H2,1-2H3,(H,16,17,18). The van der Waals surface area contributed by atoms with Crippen LogP contribution in [-0.4, -0.2) is 11.8 Å². The van der Waals surface area contributed by atoms with Gasteiger partial charge in [0.1, 0.15) is 0 Å². The monoisotopic (exact) mass is 251 g/mol. The minimum Gasteiger partial charge on any atom is -0.296 e. The second-order valence-electron chi connectivity index (χ2n) is 6.55. The molecule has 1 spiro atoms. The van der Waals surface area contributed by atoms with Gasteiger partial charge in [0.25, 0.3) is 0 Å². The van der Waals surface area contributed by atoms with Gasteiger partial charge in [0, 0.05) is 12.3 Å². The quantitative estimate of drug-likeness (QED) is 0.767. The Labute approximate surface area is 110 Å². The van der Waals surface area contributed by atoms with Crippen molar-refractivity contribution in [3.63, 3.8) is 0 Å². The SMILES string of the molecule is CC(C)CC1C(=O)NC(=O)CC12CCCCCC2. The molecule has 1 heterocycles. The van der Waals surface area contributed by atoms with Crippen molar-refractivity contribution in [1.29, 1.82) is 0 Å². The van der Waals surface area contributed by atoms with Crippen molar-refractivity contribution in [1.82, 2.24) is 5.32 Å². The second-order valence-corrected chi connectivity index (χ2v) is 6.55. The molecule has 1 unspecified atom stereocenters. The highest BCUT2D eigenvalue weighted by Gasteiger charge is 2.47. The summed E-state index contributed by atoms with van der Waals surface area (Å²) in [5.41, 5.74) is -0.0276. The zero-order chi connectivity index (χ0) is 13.2. The number of piperidine rings is 1. The molecule has 102 valence electrons. The van der Waals surface area contributed by atoms with Crippen LogP contribution in [0.25, 0.3) is 0 Å². The summed E-state index contributed by atoms with van der Waals surface area (Å²) in [6.07, 6.45) is 8.46. The zero-order valence-electron chi connectivity index (χ0n) is 11.6. The van der Waals surface area contributed by atoms with Crippen LogP contribution in [0, 0.1) is 17.3 Å². The maximum absolute atomic E-state index is 12.2. The molecule has 1 aliphatic heterocycles. The van der Waals surface area contributed by atoms with E-state index in [0.717, 1.165) is 19.3 Å². The Hall–Kier alpha value is -0.860. The highest BCUT2D eigenvalue weighted by Crippen LogP contribution is 2.48. The fourth-order valence-electron chi connectivity index (χ4n) is 3.78. The van der Waals surface area contributed by atoms with Gasteiger partial charge in [-0.3, -0.25) is 14.9 Å². The van der Waals surface area contributed by atoms with Gasteiger partial charge in [-0.15, -0.1) is 0 Å². The maximum atomic E-state index is 12.2. The Morgan fingerprint density at radius 1 is 1.17 bits per heavy atom. The highest BCUT2D eigenvalue weighted by atomic mass is 16.2. The Morgan fingerprint density at radius 3 is 2.33 bits per heavy atom. The lowest BCUT2D eigenvalue weighted by Gasteiger charge is -2.43. The molecule has 0 aromatic carbocycles. The Morgan fingerprint density at radius 2 is 1.78 bits per heavy atom. The molecule has 0 aromatic rings. The number of amides is 2. The molecule has 2 fully saturated rings. The van der Waals surface area contributed by atoms with Gasteiger partial charge < -0.3 is 0 Å². The van der Waals surface area contributed by atoms with E-state index in [1.165, 1.54) is 25.7 Å². The van der Waals surface area contributed by atoms with Crippen molar-refractivity contribution in [2.45, 2.75) is 65.2 Å². The number of hydrogen-bond acceptors (Lipinski definition) is 2. The lowest BCUT2D eigenvalue weighted by molar-refractivity contribution is -0.145. The fourth-order valence-corrected chi connectivity index (χ4v) is 3.78. The largest absolute Gasteiger partial charge is 0.296 e. The predicted octanol–water partition coefficient (Wildman–Crippen LogP) is 3.04. The van der Waals surface area contributed by atoms with Gasteiger partial charge in [-0.2, -0.15) is 0 Å². The summed E-state index contributed by atoms with van der Waals surface area (Å²) >= 11 is 0. The first-order valence-electron chi connectivity index (χ1n) is 7.37. The summed E-state index contributed by atoms with van der Waals surface area (Å²) < 4.78 is 0. The van der Waals surface area contributed by atoms with E-state index < -0.39 is 0 Å². The first kappa shape index (κ1) is 13.6. The molecule has 2 amide bonds. The number of rotatable bonds is 2. The molecule has 1 aliphatic carbocycles. The number of imide groups is 1. The van der Waals surface area contributed by atoms with E-state index in [1.54, 1.807) is 0 Å². The summed E-state index contributed by atoms with van der Waals surface area (Å²) in [5, 5.41) is 2.55. The third-order valence-electron chi connectivity index (χ3n) is 4.64. The van der Waals surface area contributed by atoms with Crippen molar-refractivity contribution in [2.24, 2.45) is 17.3 Å². The average Bonchev–Trinajstić information content (AvgIpc) is 2.50. The van der Waals surface area contributed by atoms with Gasteiger partial charge in [-0.05, 0) is 30.6 Å². The van der Waals surface area contributed by atoms with Gasteiger partial charge in [0.2, 0.25) is 11.8 Å². The molecule has 3 nitrogen and oxygen atoms in total. The van der Waals surface area contributed by atoms with E-state index in [2.05, 4.69) is 19.2 Å². The van der Waals surface area contributed by atoms with Crippen LogP contribution in [0.15, 0.2) is 0 Å². The van der Waals surface area contributed by atoms with E-state index in [9.17, 15) is 9.59 Å². The minimum absolute atomic E-state index is 0.0122. The molecule has 2 aliphatic rings. The highest BCUT2D eigenvalue weighted by molar-refractivity contribution is 5.99. The predicted molar refractivity (Wildman–Crippen MR) is 70.8 cm³/mol. The van der Waals surface area contributed by atoms with Crippen molar-refractivity contribution in [2.75, 3.05) is 0 Å². The molecule has 1 atom stereocenters. The van der Waals surface area contributed by atoms with E-state index in [0.29, 0.717) is 12.3 Å². The molecule has 1 saturated heterocycles. The third kappa shape index (κ3) is 2.76. The summed E-state index contributed by atoms with van der Waals surface area (Å²) in [7, 11) is 0. The molecular weight excluding hydrogens is 226 g/mol. The number of hydrogen-bond donors (Lipinski definition) is 1. The fraction of sp³-hybridized carbons (Fsp3) is 0.867. The molecule has 0 radical (unpaired) electrons. The summed E-state index contributed by atoms with van der Waals surface area (Å²) in [5.74, 6) is 0.492. The first-order chi connectivity index (χ1) is 8.53. The molecule has 0 bridgehead atoms. The van der Waals surface area contributed by atoms with E-state index in [-0.39, 0.29) is 23.1 Å². The zero-order valence-corrected chi connectivity index (χ0v) is 11.6. The lowest BCUT2D eigenvalue weighted by Crippen LogP contribution is -2.52. The van der Waals surface area contributed by atoms with Gasteiger partial charge in [-0.25, -0.2) is 0 Å². The van der Waals surface area contributed by atoms with E-state index >= 15 is 0 Å². The summed E-state index contributed by atoms with van der Waals surface area (Å²) in [6.45, 7) is 4.32. The molecule has 3 heteroatoms. The van der Waals surface area contributed by atoms with Gasteiger partial charge in [-0.1, -0.05) is 39.5 Å². The van der Waals surface area contributed by atoms with Crippen LogP contribution in [0.4, 0.5) is 0 Å². The summed E-state index contributed by atoms with van der Waals surface area (Å²) in [4.78, 5) is 24.0. The van der Waals surface area contributed by atoms with E-state index in [4.69, 9.17) is 0 Å². The Kier molecular flexibility index (Phi) is 4.08. The first-order valence-corrected chi connectivity index (χ1v) is 7.37. The number of carbonyl (C=O) groups excluding carboxylic acids is 2. The Bertz CT molecular complexity index is 327. The Balaban J connectivity index is 2.24. The molecule has 1 N–H and O–H groups in total. The molecule has 2 rings (SSSR count). The van der Waals surface area contributed by atoms with Gasteiger partial charge in [0.05, 0.1) is 0 Å². The van der Waals surface area contributed by atoms with Gasteiger partial charge in [0.15, 0.2) is 0 Å². The maximum Gasteiger partial charge on any atom is 0.230 e. The van der Waals surface area contributed by atoms with Crippen LogP contribution < -0.4 is 5.32 Å². The normalized spacial score (nSPS) is 28.3. The smallest absolute Gasteiger partial charge is 0.230 e. The molecular formula is C15H25NO2. The van der Waals surface area contributed by atoms with Crippen LogP contribution in [-0.2, 0) is 9.59 Å². The van der Waals surface area contributed by atoms with Crippen LogP contribution >= 0.6 is 0 Å².